The van der Waals surface area contributed by atoms with Gasteiger partial charge in [0.2, 0.25) is 5.91 Å². The number of hydrogen-bond acceptors (Lipinski definition) is 5. The summed E-state index contributed by atoms with van der Waals surface area (Å²) in [6.45, 7) is 1.91. The molecule has 0 aliphatic rings. The lowest BCUT2D eigenvalue weighted by Gasteiger charge is -2.08. The Bertz CT molecular complexity index is 518. The number of carbonyl (C=O) groups is 2. The van der Waals surface area contributed by atoms with Crippen LogP contribution in [0.5, 0.6) is 5.75 Å². The van der Waals surface area contributed by atoms with Crippen LogP contribution in [0.2, 0.25) is 0 Å². The second kappa shape index (κ2) is 8.51. The summed E-state index contributed by atoms with van der Waals surface area (Å²) in [6.07, 6.45) is 0.806. The average molecular weight is 295 g/mol. The SMILES string of the molecule is CCCNC(=O)CNC(=O)COc1ccccc1[N+](=O)[O-]. The van der Waals surface area contributed by atoms with Crippen molar-refractivity contribution in [1.29, 1.82) is 0 Å². The van der Waals surface area contributed by atoms with Gasteiger partial charge in [-0.3, -0.25) is 19.7 Å². The Morgan fingerprint density at radius 1 is 1.24 bits per heavy atom. The lowest BCUT2D eigenvalue weighted by atomic mass is 10.3. The number of hydrogen-bond donors (Lipinski definition) is 2. The van der Waals surface area contributed by atoms with Gasteiger partial charge in [-0.25, -0.2) is 0 Å². The Balaban J connectivity index is 2.40. The number of nitrogens with one attached hydrogen (secondary N) is 2. The summed E-state index contributed by atoms with van der Waals surface area (Å²) in [5.74, 6) is -0.816. The van der Waals surface area contributed by atoms with Crippen LogP contribution in [0.4, 0.5) is 5.69 Å². The van der Waals surface area contributed by atoms with E-state index in [1.165, 1.54) is 18.2 Å². The molecule has 0 saturated carbocycles. The average Bonchev–Trinajstić information content (AvgIpc) is 2.48. The van der Waals surface area contributed by atoms with Crippen molar-refractivity contribution >= 4 is 17.5 Å². The van der Waals surface area contributed by atoms with E-state index in [1.54, 1.807) is 6.07 Å². The molecule has 0 saturated heterocycles. The topological polar surface area (TPSA) is 111 Å². The van der Waals surface area contributed by atoms with Crippen molar-refractivity contribution in [3.63, 3.8) is 0 Å². The minimum absolute atomic E-state index is 0.00749. The lowest BCUT2D eigenvalue weighted by Crippen LogP contribution is -2.39. The smallest absolute Gasteiger partial charge is 0.310 e. The molecule has 0 radical (unpaired) electrons. The second-order valence-corrected chi connectivity index (χ2v) is 4.14. The number of rotatable bonds is 8. The second-order valence-electron chi connectivity index (χ2n) is 4.14. The first-order chi connectivity index (χ1) is 10.0. The van der Waals surface area contributed by atoms with Crippen molar-refractivity contribution in [3.05, 3.63) is 34.4 Å². The monoisotopic (exact) mass is 295 g/mol. The summed E-state index contributed by atoms with van der Waals surface area (Å²) in [5.41, 5.74) is -0.217. The maximum atomic E-state index is 11.5. The highest BCUT2D eigenvalue weighted by Gasteiger charge is 2.15. The van der Waals surface area contributed by atoms with Crippen LogP contribution in [-0.2, 0) is 9.59 Å². The molecular formula is C13H17N3O5. The van der Waals surface area contributed by atoms with E-state index in [4.69, 9.17) is 4.74 Å². The molecular weight excluding hydrogens is 278 g/mol. The van der Waals surface area contributed by atoms with E-state index in [0.717, 1.165) is 6.42 Å². The van der Waals surface area contributed by atoms with Gasteiger partial charge in [-0.2, -0.15) is 0 Å². The first kappa shape index (κ1) is 16.4. The molecule has 8 heteroatoms. The molecule has 0 unspecified atom stereocenters. The van der Waals surface area contributed by atoms with Crippen LogP contribution in [-0.4, -0.2) is 36.4 Å². The Morgan fingerprint density at radius 2 is 1.95 bits per heavy atom. The fourth-order valence-electron chi connectivity index (χ4n) is 1.43. The lowest BCUT2D eigenvalue weighted by molar-refractivity contribution is -0.385. The van der Waals surface area contributed by atoms with Crippen LogP contribution in [0.15, 0.2) is 24.3 Å². The van der Waals surface area contributed by atoms with E-state index in [-0.39, 0.29) is 23.9 Å². The van der Waals surface area contributed by atoms with Crippen molar-refractivity contribution in [1.82, 2.24) is 10.6 Å². The quantitative estimate of drug-likeness (QED) is 0.539. The molecule has 0 aliphatic carbocycles. The van der Waals surface area contributed by atoms with E-state index in [1.807, 2.05) is 6.92 Å². The van der Waals surface area contributed by atoms with Crippen LogP contribution in [0, 0.1) is 10.1 Å². The van der Waals surface area contributed by atoms with Crippen LogP contribution in [0.25, 0.3) is 0 Å². The molecule has 1 aromatic rings. The van der Waals surface area contributed by atoms with Crippen molar-refractivity contribution in [2.75, 3.05) is 19.7 Å². The van der Waals surface area contributed by atoms with Gasteiger partial charge in [0.05, 0.1) is 11.5 Å². The normalized spacial score (nSPS) is 9.76. The third kappa shape index (κ3) is 5.89. The molecule has 0 fully saturated rings. The summed E-state index contributed by atoms with van der Waals surface area (Å²) in [7, 11) is 0. The first-order valence-corrected chi connectivity index (χ1v) is 6.44. The summed E-state index contributed by atoms with van der Waals surface area (Å²) in [5, 5.41) is 15.7. The number of carbonyl (C=O) groups excluding carboxylic acids is 2. The van der Waals surface area contributed by atoms with Crippen molar-refractivity contribution < 1.29 is 19.2 Å². The van der Waals surface area contributed by atoms with E-state index < -0.39 is 17.4 Å². The number of para-hydroxylation sites is 2. The third-order valence-corrected chi connectivity index (χ3v) is 2.44. The fraction of sp³-hybridized carbons (Fsp3) is 0.385. The van der Waals surface area contributed by atoms with Gasteiger partial charge >= 0.3 is 5.69 Å². The molecule has 0 aliphatic heterocycles. The Labute approximate surface area is 121 Å². The first-order valence-electron chi connectivity index (χ1n) is 6.44. The highest BCUT2D eigenvalue weighted by molar-refractivity contribution is 5.85. The minimum atomic E-state index is -0.592. The van der Waals surface area contributed by atoms with E-state index in [2.05, 4.69) is 10.6 Å². The molecule has 2 amide bonds. The van der Waals surface area contributed by atoms with Crippen molar-refractivity contribution in [2.24, 2.45) is 0 Å². The summed E-state index contributed by atoms with van der Waals surface area (Å²) < 4.78 is 5.09. The maximum absolute atomic E-state index is 11.5. The van der Waals surface area contributed by atoms with Gasteiger partial charge in [0.1, 0.15) is 0 Å². The number of amides is 2. The highest BCUT2D eigenvalue weighted by Crippen LogP contribution is 2.25. The fourth-order valence-corrected chi connectivity index (χ4v) is 1.43. The zero-order valence-corrected chi connectivity index (χ0v) is 11.6. The standard InChI is InChI=1S/C13H17N3O5/c1-2-7-14-12(17)8-15-13(18)9-21-11-6-4-3-5-10(11)16(19)20/h3-6H,2,7-9H2,1H3,(H,14,17)(H,15,18). The molecule has 21 heavy (non-hydrogen) atoms. The predicted molar refractivity (Wildman–Crippen MR) is 74.9 cm³/mol. The maximum Gasteiger partial charge on any atom is 0.310 e. The Kier molecular flexibility index (Phi) is 6.66. The van der Waals surface area contributed by atoms with Gasteiger partial charge < -0.3 is 15.4 Å². The Hall–Kier alpha value is -2.64. The number of benzene rings is 1. The van der Waals surface area contributed by atoms with Crippen LogP contribution in [0.1, 0.15) is 13.3 Å². The number of nitro benzene ring substituents is 1. The zero-order valence-electron chi connectivity index (χ0n) is 11.6. The molecule has 0 spiro atoms. The molecule has 0 heterocycles. The summed E-state index contributed by atoms with van der Waals surface area (Å²) >= 11 is 0. The molecule has 2 N–H and O–H groups in total. The van der Waals surface area contributed by atoms with Gasteiger partial charge in [-0.15, -0.1) is 0 Å². The highest BCUT2D eigenvalue weighted by atomic mass is 16.6. The molecule has 0 atom stereocenters. The largest absolute Gasteiger partial charge is 0.477 e. The van der Waals surface area contributed by atoms with Gasteiger partial charge in [0.25, 0.3) is 5.91 Å². The van der Waals surface area contributed by atoms with Crippen molar-refractivity contribution in [2.45, 2.75) is 13.3 Å². The number of nitrogens with zero attached hydrogens (tertiary/aromatic N) is 1. The van der Waals surface area contributed by atoms with E-state index in [9.17, 15) is 19.7 Å². The van der Waals surface area contributed by atoms with E-state index >= 15 is 0 Å². The third-order valence-electron chi connectivity index (χ3n) is 2.44. The van der Waals surface area contributed by atoms with Crippen LogP contribution >= 0.6 is 0 Å². The molecule has 0 aromatic heterocycles. The molecule has 1 aromatic carbocycles. The summed E-state index contributed by atoms with van der Waals surface area (Å²) in [6, 6.07) is 5.76. The van der Waals surface area contributed by atoms with Gasteiger partial charge in [-0.05, 0) is 12.5 Å². The number of ether oxygens (including phenoxy) is 1. The van der Waals surface area contributed by atoms with Gasteiger partial charge in [0, 0.05) is 12.6 Å². The van der Waals surface area contributed by atoms with Crippen LogP contribution in [0.3, 0.4) is 0 Å². The molecule has 114 valence electrons. The van der Waals surface area contributed by atoms with Crippen molar-refractivity contribution in [3.8, 4) is 5.75 Å². The van der Waals surface area contributed by atoms with E-state index in [0.29, 0.717) is 6.54 Å². The Morgan fingerprint density at radius 3 is 2.62 bits per heavy atom. The number of nitro groups is 1. The van der Waals surface area contributed by atoms with Crippen LogP contribution < -0.4 is 15.4 Å². The zero-order chi connectivity index (χ0) is 15.7. The summed E-state index contributed by atoms with van der Waals surface area (Å²) in [4.78, 5) is 32.9. The molecule has 0 bridgehead atoms. The van der Waals surface area contributed by atoms with Gasteiger partial charge in [0.15, 0.2) is 12.4 Å². The van der Waals surface area contributed by atoms with Gasteiger partial charge in [-0.1, -0.05) is 19.1 Å². The predicted octanol–water partition coefficient (Wildman–Crippen LogP) is 0.616. The minimum Gasteiger partial charge on any atom is -0.477 e. The molecule has 8 nitrogen and oxygen atoms in total. The molecule has 1 rings (SSSR count).